The SMILES string of the molecule is CC(=O)Nc1cc(Cl)nc(N(N)Cc2ccc3ncccc3c2)c1N. The van der Waals surface area contributed by atoms with E-state index in [0.29, 0.717) is 18.1 Å². The first-order valence-electron chi connectivity index (χ1n) is 7.53. The third-order valence-corrected chi connectivity index (χ3v) is 3.80. The number of nitrogens with two attached hydrogens (primary N) is 2. The zero-order valence-electron chi connectivity index (χ0n) is 13.5. The summed E-state index contributed by atoms with van der Waals surface area (Å²) in [6.07, 6.45) is 1.75. The molecular weight excluding hydrogens is 340 g/mol. The predicted octanol–water partition coefficient (Wildman–Crippen LogP) is 2.70. The van der Waals surface area contributed by atoms with Crippen LogP contribution in [0.1, 0.15) is 12.5 Å². The number of carbonyl (C=O) groups excluding carboxylic acids is 1. The average Bonchev–Trinajstić information content (AvgIpc) is 2.57. The van der Waals surface area contributed by atoms with Crippen LogP contribution in [0.25, 0.3) is 10.9 Å². The van der Waals surface area contributed by atoms with E-state index in [0.717, 1.165) is 16.5 Å². The largest absolute Gasteiger partial charge is 0.394 e. The smallest absolute Gasteiger partial charge is 0.221 e. The Labute approximate surface area is 149 Å². The normalized spacial score (nSPS) is 10.7. The fourth-order valence-electron chi connectivity index (χ4n) is 2.52. The molecule has 0 aliphatic rings. The second kappa shape index (κ2) is 6.92. The Morgan fingerprint density at radius 3 is 2.88 bits per heavy atom. The summed E-state index contributed by atoms with van der Waals surface area (Å²) in [4.78, 5) is 19.8. The van der Waals surface area contributed by atoms with Crippen molar-refractivity contribution in [2.24, 2.45) is 5.84 Å². The predicted molar refractivity (Wildman–Crippen MR) is 100 cm³/mol. The first-order chi connectivity index (χ1) is 11.9. The van der Waals surface area contributed by atoms with Gasteiger partial charge in [-0.2, -0.15) is 0 Å². The molecule has 0 bridgehead atoms. The molecule has 2 heterocycles. The fraction of sp³-hybridized carbons (Fsp3) is 0.118. The quantitative estimate of drug-likeness (QED) is 0.376. The Hall–Kier alpha value is -2.90. The second-order valence-corrected chi connectivity index (χ2v) is 5.96. The number of anilines is 3. The van der Waals surface area contributed by atoms with E-state index in [1.165, 1.54) is 18.0 Å². The molecule has 1 amide bonds. The standard InChI is InChI=1S/C17H17ClN6O/c1-10(25)22-14-8-15(18)23-17(16(14)19)24(20)9-11-4-5-13-12(7-11)3-2-6-21-13/h2-8H,9,19-20H2,1H3,(H,22,23,25). The van der Waals surface area contributed by atoms with E-state index in [4.69, 9.17) is 23.2 Å². The summed E-state index contributed by atoms with van der Waals surface area (Å²) < 4.78 is 0. The number of rotatable bonds is 4. The van der Waals surface area contributed by atoms with Crippen LogP contribution in [-0.4, -0.2) is 15.9 Å². The van der Waals surface area contributed by atoms with Crippen LogP contribution in [0.3, 0.4) is 0 Å². The molecular formula is C17H17ClN6O. The molecule has 0 saturated heterocycles. The number of hydrogen-bond acceptors (Lipinski definition) is 6. The summed E-state index contributed by atoms with van der Waals surface area (Å²) in [6.45, 7) is 1.75. The first-order valence-corrected chi connectivity index (χ1v) is 7.91. The van der Waals surface area contributed by atoms with Gasteiger partial charge in [0.25, 0.3) is 0 Å². The molecule has 3 rings (SSSR count). The molecule has 2 aromatic heterocycles. The highest BCUT2D eigenvalue weighted by atomic mass is 35.5. The van der Waals surface area contributed by atoms with E-state index in [2.05, 4.69) is 15.3 Å². The van der Waals surface area contributed by atoms with Crippen molar-refractivity contribution in [1.82, 2.24) is 9.97 Å². The monoisotopic (exact) mass is 356 g/mol. The van der Waals surface area contributed by atoms with Crippen LogP contribution in [0.4, 0.5) is 17.2 Å². The lowest BCUT2D eigenvalue weighted by Gasteiger charge is -2.21. The highest BCUT2D eigenvalue weighted by Crippen LogP contribution is 2.31. The molecule has 128 valence electrons. The third-order valence-electron chi connectivity index (χ3n) is 3.61. The molecule has 0 radical (unpaired) electrons. The minimum Gasteiger partial charge on any atom is -0.394 e. The van der Waals surface area contributed by atoms with Gasteiger partial charge in [0, 0.05) is 24.6 Å². The van der Waals surface area contributed by atoms with Crippen molar-refractivity contribution in [2.75, 3.05) is 16.1 Å². The van der Waals surface area contributed by atoms with Crippen molar-refractivity contribution in [2.45, 2.75) is 13.5 Å². The second-order valence-electron chi connectivity index (χ2n) is 5.57. The maximum absolute atomic E-state index is 11.3. The molecule has 1 aromatic carbocycles. The van der Waals surface area contributed by atoms with Gasteiger partial charge >= 0.3 is 0 Å². The van der Waals surface area contributed by atoms with E-state index in [9.17, 15) is 4.79 Å². The van der Waals surface area contributed by atoms with E-state index in [1.807, 2.05) is 30.3 Å². The van der Waals surface area contributed by atoms with Crippen molar-refractivity contribution in [3.63, 3.8) is 0 Å². The summed E-state index contributed by atoms with van der Waals surface area (Å²) in [5.74, 6) is 6.18. The van der Waals surface area contributed by atoms with Crippen LogP contribution >= 0.6 is 11.6 Å². The van der Waals surface area contributed by atoms with Gasteiger partial charge in [-0.3, -0.25) is 14.8 Å². The van der Waals surface area contributed by atoms with Gasteiger partial charge in [-0.05, 0) is 23.8 Å². The lowest BCUT2D eigenvalue weighted by molar-refractivity contribution is -0.114. The lowest BCUT2D eigenvalue weighted by Crippen LogP contribution is -2.32. The molecule has 8 heteroatoms. The Morgan fingerprint density at radius 1 is 1.32 bits per heavy atom. The Morgan fingerprint density at radius 2 is 2.12 bits per heavy atom. The Kier molecular flexibility index (Phi) is 4.69. The van der Waals surface area contributed by atoms with Gasteiger partial charge in [0.15, 0.2) is 5.82 Å². The van der Waals surface area contributed by atoms with Crippen LogP contribution in [0.15, 0.2) is 42.6 Å². The summed E-state index contributed by atoms with van der Waals surface area (Å²) in [5.41, 5.74) is 8.58. The maximum atomic E-state index is 11.3. The molecule has 0 spiro atoms. The number of fused-ring (bicyclic) bond motifs is 1. The van der Waals surface area contributed by atoms with Crippen LogP contribution in [0.5, 0.6) is 0 Å². The molecule has 25 heavy (non-hydrogen) atoms. The minimum absolute atomic E-state index is 0.186. The van der Waals surface area contributed by atoms with Crippen LogP contribution in [0, 0.1) is 0 Å². The highest BCUT2D eigenvalue weighted by molar-refractivity contribution is 6.30. The minimum atomic E-state index is -0.259. The topological polar surface area (TPSA) is 110 Å². The molecule has 0 aliphatic carbocycles. The number of hydrazine groups is 1. The van der Waals surface area contributed by atoms with Gasteiger partial charge in [-0.15, -0.1) is 0 Å². The number of hydrogen-bond donors (Lipinski definition) is 3. The van der Waals surface area contributed by atoms with Gasteiger partial charge in [-0.25, -0.2) is 10.8 Å². The lowest BCUT2D eigenvalue weighted by atomic mass is 10.1. The molecule has 3 aromatic rings. The van der Waals surface area contributed by atoms with Gasteiger partial charge in [0.2, 0.25) is 5.91 Å². The van der Waals surface area contributed by atoms with E-state index >= 15 is 0 Å². The summed E-state index contributed by atoms with van der Waals surface area (Å²) in [7, 11) is 0. The highest BCUT2D eigenvalue weighted by Gasteiger charge is 2.15. The van der Waals surface area contributed by atoms with Crippen LogP contribution in [-0.2, 0) is 11.3 Å². The Bertz CT molecular complexity index is 946. The van der Waals surface area contributed by atoms with Crippen LogP contribution in [0.2, 0.25) is 5.15 Å². The molecule has 0 saturated carbocycles. The van der Waals surface area contributed by atoms with Gasteiger partial charge in [-0.1, -0.05) is 23.7 Å². The maximum Gasteiger partial charge on any atom is 0.221 e. The molecule has 5 N–H and O–H groups in total. The third kappa shape index (κ3) is 3.78. The number of benzene rings is 1. The van der Waals surface area contributed by atoms with Crippen molar-refractivity contribution in [3.8, 4) is 0 Å². The van der Waals surface area contributed by atoms with Gasteiger partial charge in [0.1, 0.15) is 10.8 Å². The summed E-state index contributed by atoms with van der Waals surface area (Å²) in [6, 6.07) is 11.2. The number of halogens is 1. The number of carbonyl (C=O) groups is 1. The molecule has 0 unspecified atom stereocenters. The summed E-state index contributed by atoms with van der Waals surface area (Å²) >= 11 is 6.02. The number of nitrogen functional groups attached to an aromatic ring is 1. The number of amides is 1. The zero-order chi connectivity index (χ0) is 18.0. The van der Waals surface area contributed by atoms with Crippen molar-refractivity contribution in [3.05, 3.63) is 53.3 Å². The first kappa shape index (κ1) is 16.9. The number of nitrogens with zero attached hydrogens (tertiary/aromatic N) is 3. The van der Waals surface area contributed by atoms with E-state index in [1.54, 1.807) is 6.20 Å². The number of aromatic nitrogens is 2. The number of pyridine rings is 2. The number of nitrogens with one attached hydrogen (secondary N) is 1. The van der Waals surface area contributed by atoms with Crippen molar-refractivity contribution < 1.29 is 4.79 Å². The molecule has 0 aliphatic heterocycles. The molecule has 0 fully saturated rings. The summed E-state index contributed by atoms with van der Waals surface area (Å²) in [5, 5.41) is 5.21. The van der Waals surface area contributed by atoms with Gasteiger partial charge < -0.3 is 11.1 Å². The van der Waals surface area contributed by atoms with Crippen molar-refractivity contribution >= 4 is 45.6 Å². The average molecular weight is 357 g/mol. The molecule has 7 nitrogen and oxygen atoms in total. The Balaban J connectivity index is 1.90. The fourth-order valence-corrected chi connectivity index (χ4v) is 2.71. The van der Waals surface area contributed by atoms with Gasteiger partial charge in [0.05, 0.1) is 17.7 Å². The zero-order valence-corrected chi connectivity index (χ0v) is 14.3. The van der Waals surface area contributed by atoms with E-state index < -0.39 is 0 Å². The van der Waals surface area contributed by atoms with E-state index in [-0.39, 0.29) is 16.7 Å². The van der Waals surface area contributed by atoms with Crippen molar-refractivity contribution in [1.29, 1.82) is 0 Å². The molecule has 0 atom stereocenters. The van der Waals surface area contributed by atoms with Crippen LogP contribution < -0.4 is 21.9 Å².